The Morgan fingerprint density at radius 3 is 1.10 bits per heavy atom. The number of carbonyl (C=O) groups is 1. The zero-order valence-corrected chi connectivity index (χ0v) is 29.4. The molecule has 6 atom stereocenters. The Labute approximate surface area is 295 Å². The molecule has 4 aromatic rings. The first kappa shape index (κ1) is 38.7. The van der Waals surface area contributed by atoms with Crippen molar-refractivity contribution in [1.82, 2.24) is 0 Å². The smallest absolute Gasteiger partial charge is 0.457 e. The molecular formula is C36H40O13P2. The molecule has 51 heavy (non-hydrogen) atoms. The molecule has 0 unspecified atom stereocenters. The van der Waals surface area contributed by atoms with Gasteiger partial charge >= 0.3 is 21.6 Å². The number of esters is 1. The summed E-state index contributed by atoms with van der Waals surface area (Å²) in [6.45, 7) is 0.0601. The number of benzene rings is 4. The molecule has 1 aliphatic carbocycles. The number of phosphoric acid groups is 2. The third-order valence-corrected chi connectivity index (χ3v) is 10.5. The minimum absolute atomic E-state index is 0.242. The molecule has 0 bridgehead atoms. The van der Waals surface area contributed by atoms with Crippen molar-refractivity contribution in [1.29, 1.82) is 0 Å². The lowest BCUT2D eigenvalue weighted by Gasteiger charge is -2.45. The molecule has 5 rings (SSSR count). The maximum Gasteiger partial charge on any atom is 0.475 e. The lowest BCUT2D eigenvalue weighted by Crippen LogP contribution is -2.65. The van der Waals surface area contributed by atoms with Gasteiger partial charge < -0.3 is 20.1 Å². The Morgan fingerprint density at radius 2 is 0.784 bits per heavy atom. The minimum Gasteiger partial charge on any atom is -0.457 e. The highest BCUT2D eigenvalue weighted by molar-refractivity contribution is 7.48. The summed E-state index contributed by atoms with van der Waals surface area (Å²) < 4.78 is 67.6. The van der Waals surface area contributed by atoms with Crippen LogP contribution in [0.25, 0.3) is 0 Å². The molecule has 0 heterocycles. The summed E-state index contributed by atoms with van der Waals surface area (Å²) in [5.41, 5.74) is 2.45. The minimum atomic E-state index is -4.66. The van der Waals surface area contributed by atoms with E-state index in [4.69, 9.17) is 31.9 Å². The fourth-order valence-corrected chi connectivity index (χ4v) is 7.86. The van der Waals surface area contributed by atoms with Gasteiger partial charge in [-0.05, 0) is 22.3 Å². The van der Waals surface area contributed by atoms with Gasteiger partial charge in [0.25, 0.3) is 0 Å². The second-order valence-corrected chi connectivity index (χ2v) is 14.9. The van der Waals surface area contributed by atoms with Gasteiger partial charge in [-0.25, -0.2) is 9.13 Å². The predicted octanol–water partition coefficient (Wildman–Crippen LogP) is 5.87. The number of hydrogen-bond donors (Lipinski definition) is 3. The van der Waals surface area contributed by atoms with E-state index in [2.05, 4.69) is 0 Å². The van der Waals surface area contributed by atoms with E-state index in [0.29, 0.717) is 22.3 Å². The van der Waals surface area contributed by atoms with Crippen LogP contribution >= 0.6 is 15.6 Å². The fourth-order valence-electron chi connectivity index (χ4n) is 5.15. The first-order chi connectivity index (χ1) is 24.5. The molecule has 0 saturated heterocycles. The van der Waals surface area contributed by atoms with Gasteiger partial charge in [0.15, 0.2) is 6.10 Å². The summed E-state index contributed by atoms with van der Waals surface area (Å²) in [7, 11) is -9.31. The second kappa shape index (κ2) is 18.3. The summed E-state index contributed by atoms with van der Waals surface area (Å²) in [4.78, 5) is 12.3. The predicted molar refractivity (Wildman–Crippen MR) is 183 cm³/mol. The van der Waals surface area contributed by atoms with E-state index >= 15 is 0 Å². The molecule has 4 aromatic carbocycles. The molecule has 13 nitrogen and oxygen atoms in total. The van der Waals surface area contributed by atoms with Gasteiger partial charge in [-0.1, -0.05) is 121 Å². The average Bonchev–Trinajstić information content (AvgIpc) is 3.15. The van der Waals surface area contributed by atoms with Crippen molar-refractivity contribution in [2.45, 2.75) is 70.0 Å². The monoisotopic (exact) mass is 742 g/mol. The number of hydrogen-bond acceptors (Lipinski definition) is 13. The topological polar surface area (TPSA) is 177 Å². The van der Waals surface area contributed by atoms with Gasteiger partial charge in [0.1, 0.15) is 30.5 Å². The lowest BCUT2D eigenvalue weighted by molar-refractivity contribution is -0.228. The van der Waals surface area contributed by atoms with Crippen molar-refractivity contribution in [3.8, 4) is 0 Å². The zero-order valence-electron chi connectivity index (χ0n) is 27.7. The summed E-state index contributed by atoms with van der Waals surface area (Å²) in [6.07, 6.45) is -11.8. The molecule has 0 amide bonds. The maximum atomic E-state index is 14.2. The van der Waals surface area contributed by atoms with Crippen molar-refractivity contribution in [2.75, 3.05) is 0 Å². The van der Waals surface area contributed by atoms with Crippen LogP contribution in [0.1, 0.15) is 29.2 Å². The number of rotatable bonds is 17. The third kappa shape index (κ3) is 11.2. The van der Waals surface area contributed by atoms with Crippen molar-refractivity contribution >= 4 is 21.6 Å². The molecular weight excluding hydrogens is 702 g/mol. The first-order valence-electron chi connectivity index (χ1n) is 16.1. The number of phosphoric ester groups is 2. The molecule has 15 heteroatoms. The average molecular weight is 743 g/mol. The molecule has 0 radical (unpaired) electrons. The normalized spacial score (nSPS) is 22.4. The van der Waals surface area contributed by atoms with Crippen LogP contribution in [-0.2, 0) is 72.2 Å². The van der Waals surface area contributed by atoms with Gasteiger partial charge in [0, 0.05) is 6.92 Å². The second-order valence-electron chi connectivity index (χ2n) is 11.6. The van der Waals surface area contributed by atoms with E-state index in [1.54, 1.807) is 121 Å². The third-order valence-electron chi connectivity index (χ3n) is 7.75. The Bertz CT molecular complexity index is 1650. The molecule has 1 aliphatic rings. The number of carbonyl (C=O) groups excluding carboxylic acids is 1. The van der Waals surface area contributed by atoms with Crippen LogP contribution in [0.4, 0.5) is 0 Å². The summed E-state index contributed by atoms with van der Waals surface area (Å²) in [6, 6.07) is 34.8. The summed E-state index contributed by atoms with van der Waals surface area (Å²) in [5, 5.41) is 34.2. The Morgan fingerprint density at radius 1 is 0.490 bits per heavy atom. The fraction of sp³-hybridized carbons (Fsp3) is 0.306. The van der Waals surface area contributed by atoms with E-state index in [1.165, 1.54) is 0 Å². The van der Waals surface area contributed by atoms with Crippen LogP contribution in [0, 0.1) is 0 Å². The highest BCUT2D eigenvalue weighted by Crippen LogP contribution is 2.56. The van der Waals surface area contributed by atoms with E-state index in [9.17, 15) is 29.2 Å². The molecule has 0 spiro atoms. The van der Waals surface area contributed by atoms with Crippen LogP contribution < -0.4 is 0 Å². The molecule has 0 aliphatic heterocycles. The largest absolute Gasteiger partial charge is 0.475 e. The van der Waals surface area contributed by atoms with E-state index in [-0.39, 0.29) is 26.4 Å². The van der Waals surface area contributed by atoms with Crippen LogP contribution in [0.2, 0.25) is 0 Å². The zero-order chi connectivity index (χ0) is 36.3. The van der Waals surface area contributed by atoms with Gasteiger partial charge in [0.05, 0.1) is 26.4 Å². The highest BCUT2D eigenvalue weighted by Gasteiger charge is 2.57. The Kier molecular flexibility index (Phi) is 13.9. The van der Waals surface area contributed by atoms with Gasteiger partial charge in [0.2, 0.25) is 0 Å². The molecule has 3 N–H and O–H groups in total. The van der Waals surface area contributed by atoms with Gasteiger partial charge in [-0.3, -0.25) is 31.9 Å². The van der Waals surface area contributed by atoms with E-state index in [1.807, 2.05) is 0 Å². The van der Waals surface area contributed by atoms with Crippen LogP contribution in [-0.4, -0.2) is 57.9 Å². The van der Waals surface area contributed by atoms with Crippen molar-refractivity contribution in [2.24, 2.45) is 0 Å². The Hall–Kier alpha value is -3.55. The Balaban J connectivity index is 1.39. The number of ether oxygens (including phenoxy) is 1. The van der Waals surface area contributed by atoms with Crippen LogP contribution in [0.15, 0.2) is 121 Å². The molecule has 1 saturated carbocycles. The van der Waals surface area contributed by atoms with Crippen LogP contribution in [0.3, 0.4) is 0 Å². The lowest BCUT2D eigenvalue weighted by atomic mass is 9.85. The van der Waals surface area contributed by atoms with Crippen molar-refractivity contribution in [3.63, 3.8) is 0 Å². The maximum absolute atomic E-state index is 14.2. The number of aliphatic hydroxyl groups is 3. The summed E-state index contributed by atoms with van der Waals surface area (Å²) >= 11 is 0. The highest BCUT2D eigenvalue weighted by atomic mass is 31.2. The molecule has 272 valence electrons. The number of aliphatic hydroxyl groups excluding tert-OH is 3. The van der Waals surface area contributed by atoms with Gasteiger partial charge in [-0.15, -0.1) is 0 Å². The summed E-state index contributed by atoms with van der Waals surface area (Å²) in [5.74, 6) is -0.927. The standard InChI is InChI=1S/C36H40O13P2/c1-26(37)47-35-33(40)34(48-50(41,43-22-27-14-6-2-7-15-27)44-23-28-16-8-3-9-17-28)31(38)32(39)36(35)49-51(42,45-24-29-18-10-4-11-19-29)46-25-30-20-12-5-13-21-30/h2-21,31-36,38-40H,22-25H2,1H3/t31-,32-,33-,34+,35-,36+/m0/s1. The van der Waals surface area contributed by atoms with E-state index < -0.39 is 58.2 Å². The first-order valence-corrected chi connectivity index (χ1v) is 19.0. The van der Waals surface area contributed by atoms with E-state index in [0.717, 1.165) is 6.92 Å². The van der Waals surface area contributed by atoms with Crippen molar-refractivity contribution < 1.29 is 61.1 Å². The van der Waals surface area contributed by atoms with Gasteiger partial charge in [-0.2, -0.15) is 0 Å². The van der Waals surface area contributed by atoms with Crippen LogP contribution in [0.5, 0.6) is 0 Å². The molecule has 0 aromatic heterocycles. The van der Waals surface area contributed by atoms with Crippen molar-refractivity contribution in [3.05, 3.63) is 144 Å². The quantitative estimate of drug-likeness (QED) is 0.0866. The molecule has 1 fully saturated rings. The SMILES string of the molecule is CC(=O)O[C@H]1[C@@H](O)[C@H](OP(=O)(OCc2ccccc2)OCc2ccccc2)[C@@H](O)[C@H](O)[C@H]1OP(=O)(OCc1ccccc1)OCc1ccccc1.